The molecule has 250 valence electrons. The predicted molar refractivity (Wildman–Crippen MR) is 186 cm³/mol. The number of aromatic nitrogens is 3. The summed E-state index contributed by atoms with van der Waals surface area (Å²) in [6.45, 7) is 9.10. The fraction of sp³-hybridized carbons (Fsp3) is 0.342. The lowest BCUT2D eigenvalue weighted by Crippen LogP contribution is -2.31. The number of imidazole rings is 1. The molecule has 2 aromatic heterocycles. The molecule has 1 amide bonds. The van der Waals surface area contributed by atoms with Crippen LogP contribution in [0.3, 0.4) is 0 Å². The molecule has 0 radical (unpaired) electrons. The van der Waals surface area contributed by atoms with E-state index in [4.69, 9.17) is 9.40 Å². The Balaban J connectivity index is 1.17. The van der Waals surface area contributed by atoms with Gasteiger partial charge in [0, 0.05) is 56.6 Å². The van der Waals surface area contributed by atoms with E-state index in [1.807, 2.05) is 67.9 Å². The zero-order chi connectivity index (χ0) is 34.6. The average Bonchev–Trinajstić information content (AvgIpc) is 3.77. The maximum Gasteiger partial charge on any atom is 0.310 e. The Bertz CT molecular complexity index is 2190. The molecule has 1 saturated heterocycles. The van der Waals surface area contributed by atoms with Crippen LogP contribution in [0.5, 0.6) is 0 Å². The Morgan fingerprint density at radius 2 is 1.78 bits per heavy atom. The van der Waals surface area contributed by atoms with Crippen molar-refractivity contribution in [2.24, 2.45) is 12.5 Å². The van der Waals surface area contributed by atoms with Gasteiger partial charge in [-0.3, -0.25) is 14.5 Å². The minimum Gasteiger partial charge on any atom is -0.481 e. The molecule has 0 bridgehead atoms. The van der Waals surface area contributed by atoms with Crippen LogP contribution in [-0.2, 0) is 31.4 Å². The molecule has 0 saturated carbocycles. The van der Waals surface area contributed by atoms with Gasteiger partial charge in [-0.2, -0.15) is 5.26 Å². The van der Waals surface area contributed by atoms with Crippen LogP contribution >= 0.6 is 0 Å². The van der Waals surface area contributed by atoms with Crippen LogP contribution in [0.1, 0.15) is 57.6 Å². The summed E-state index contributed by atoms with van der Waals surface area (Å²) in [6.07, 6.45) is 1.44. The lowest BCUT2D eigenvalue weighted by Gasteiger charge is -2.21. The summed E-state index contributed by atoms with van der Waals surface area (Å²) in [5, 5.41) is 22.7. The number of fused-ring (bicyclic) bond motifs is 2. The monoisotopic (exact) mass is 657 g/mol. The fourth-order valence-electron chi connectivity index (χ4n) is 7.27. The molecule has 3 aromatic carbocycles. The number of hydrogen-bond acceptors (Lipinski definition) is 8. The summed E-state index contributed by atoms with van der Waals surface area (Å²) in [4.78, 5) is 39.1. The predicted octanol–water partition coefficient (Wildman–Crippen LogP) is 5.92. The highest BCUT2D eigenvalue weighted by molar-refractivity contribution is 6.03. The number of carboxylic acid groups (broad SMARTS) is 1. The molecule has 2 N–H and O–H groups in total. The van der Waals surface area contributed by atoms with Crippen molar-refractivity contribution >= 4 is 28.7 Å². The molecule has 1 unspecified atom stereocenters. The number of rotatable bonds is 7. The molecule has 2 aliphatic rings. The van der Waals surface area contributed by atoms with Crippen LogP contribution in [0.25, 0.3) is 33.7 Å². The van der Waals surface area contributed by atoms with Crippen molar-refractivity contribution in [3.8, 4) is 28.7 Å². The van der Waals surface area contributed by atoms with Crippen molar-refractivity contribution < 1.29 is 19.1 Å². The second-order valence-corrected chi connectivity index (χ2v) is 13.7. The summed E-state index contributed by atoms with van der Waals surface area (Å²) in [5.41, 5.74) is 8.88. The van der Waals surface area contributed by atoms with E-state index in [9.17, 15) is 20.0 Å². The highest BCUT2D eigenvalue weighted by Crippen LogP contribution is 2.37. The highest BCUT2D eigenvalue weighted by atomic mass is 16.4. The van der Waals surface area contributed by atoms with Crippen LogP contribution in [0.2, 0.25) is 0 Å². The van der Waals surface area contributed by atoms with E-state index in [0.717, 1.165) is 64.3 Å². The largest absolute Gasteiger partial charge is 0.481 e. The number of likely N-dealkylation sites (tertiary alicyclic amines) is 1. The first-order chi connectivity index (χ1) is 23.5. The van der Waals surface area contributed by atoms with Gasteiger partial charge < -0.3 is 24.3 Å². The van der Waals surface area contributed by atoms with E-state index in [0.29, 0.717) is 60.1 Å². The zero-order valence-electron chi connectivity index (χ0n) is 28.4. The van der Waals surface area contributed by atoms with Crippen molar-refractivity contribution in [2.75, 3.05) is 32.0 Å². The molecule has 1 atom stereocenters. The maximum atomic E-state index is 13.5. The summed E-state index contributed by atoms with van der Waals surface area (Å²) in [5.74, 6) is -0.220. The minimum atomic E-state index is -0.788. The van der Waals surface area contributed by atoms with Crippen LogP contribution in [-0.4, -0.2) is 68.0 Å². The van der Waals surface area contributed by atoms with Gasteiger partial charge in [-0.1, -0.05) is 24.3 Å². The van der Waals surface area contributed by atoms with Crippen LogP contribution in [0.15, 0.2) is 52.9 Å². The Morgan fingerprint density at radius 3 is 2.51 bits per heavy atom. The quantitative estimate of drug-likeness (QED) is 0.218. The molecule has 1 fully saturated rings. The summed E-state index contributed by atoms with van der Waals surface area (Å²) in [6, 6.07) is 17.8. The number of nitriles is 1. The number of carbonyl (C=O) groups excluding carboxylic acids is 1. The van der Waals surface area contributed by atoms with E-state index in [1.165, 1.54) is 0 Å². The number of nitrogens with zero attached hydrogens (tertiary/aromatic N) is 6. The molecule has 49 heavy (non-hydrogen) atoms. The second kappa shape index (κ2) is 12.3. The second-order valence-electron chi connectivity index (χ2n) is 13.7. The Labute approximate surface area is 284 Å². The van der Waals surface area contributed by atoms with Crippen molar-refractivity contribution in [1.82, 2.24) is 24.3 Å². The molecular weight excluding hydrogens is 618 g/mol. The number of anilines is 1. The van der Waals surface area contributed by atoms with Gasteiger partial charge in [0.25, 0.3) is 5.91 Å². The average molecular weight is 658 g/mol. The number of carboxylic acids is 1. The van der Waals surface area contributed by atoms with Crippen molar-refractivity contribution in [3.63, 3.8) is 0 Å². The van der Waals surface area contributed by atoms with Gasteiger partial charge in [-0.25, -0.2) is 9.97 Å². The normalized spacial score (nSPS) is 18.0. The van der Waals surface area contributed by atoms with Gasteiger partial charge in [0.1, 0.15) is 11.6 Å². The summed E-state index contributed by atoms with van der Waals surface area (Å²) >= 11 is 0. The van der Waals surface area contributed by atoms with Crippen LogP contribution < -0.4 is 5.32 Å². The van der Waals surface area contributed by atoms with Gasteiger partial charge in [0.05, 0.1) is 16.7 Å². The van der Waals surface area contributed by atoms with E-state index >= 15 is 0 Å². The molecule has 5 aromatic rings. The van der Waals surface area contributed by atoms with Gasteiger partial charge >= 0.3 is 5.97 Å². The zero-order valence-corrected chi connectivity index (χ0v) is 28.4. The number of oxazole rings is 1. The fourth-order valence-corrected chi connectivity index (χ4v) is 7.27. The van der Waals surface area contributed by atoms with Gasteiger partial charge in [0.2, 0.25) is 5.89 Å². The summed E-state index contributed by atoms with van der Waals surface area (Å²) in [7, 11) is 3.96. The third-order valence-electron chi connectivity index (χ3n) is 10.2. The molecule has 4 heterocycles. The number of amides is 1. The number of likely N-dealkylation sites (N-methyl/N-ethyl adjacent to an activating group) is 1. The Morgan fingerprint density at radius 1 is 1.04 bits per heavy atom. The van der Waals surface area contributed by atoms with E-state index < -0.39 is 11.4 Å². The van der Waals surface area contributed by atoms with Gasteiger partial charge in [0.15, 0.2) is 11.4 Å². The molecule has 0 aliphatic carbocycles. The number of benzene rings is 3. The van der Waals surface area contributed by atoms with E-state index in [1.54, 1.807) is 13.0 Å². The standard InChI is InChI=1S/C38H39N7O4/c1-22-26(27-9-7-11-29(23(27)2)41-35(46)34-40-31-20-43(4)14-12-32(31)44(34)5)8-6-10-28(22)36-42-30-17-24(16-25(18-39)33(30)49-36)19-45-15-13-38(3,21-45)37(47)48/h6-11,16-17H,12-15,19-21H2,1-5H3,(H,41,46)(H,47,48). The SMILES string of the molecule is Cc1c(NC(=O)c2nc3c(n2C)CCN(C)C3)cccc1-c1cccc(-c2nc3cc(CN4CCC(C)(C(=O)O)C4)cc(C#N)c3o2)c1C. The number of nitrogens with one attached hydrogen (secondary N) is 1. The Hall–Kier alpha value is -5.31. The smallest absolute Gasteiger partial charge is 0.310 e. The van der Waals surface area contributed by atoms with Crippen LogP contribution in [0.4, 0.5) is 5.69 Å². The lowest BCUT2D eigenvalue weighted by atomic mass is 9.90. The molecule has 0 spiro atoms. The van der Waals surface area contributed by atoms with Crippen molar-refractivity contribution in [2.45, 2.75) is 46.7 Å². The molecule has 11 heteroatoms. The van der Waals surface area contributed by atoms with Gasteiger partial charge in [-0.15, -0.1) is 0 Å². The Kier molecular flexibility index (Phi) is 8.09. The number of aliphatic carboxylic acids is 1. The third kappa shape index (κ3) is 5.77. The molecule has 2 aliphatic heterocycles. The van der Waals surface area contributed by atoms with Crippen molar-refractivity contribution in [3.05, 3.63) is 88.0 Å². The van der Waals surface area contributed by atoms with Gasteiger partial charge in [-0.05, 0) is 92.9 Å². The molecule has 11 nitrogen and oxygen atoms in total. The molecular formula is C38H39N7O4. The van der Waals surface area contributed by atoms with E-state index in [-0.39, 0.29) is 5.91 Å². The number of carbonyl (C=O) groups is 2. The first-order valence-electron chi connectivity index (χ1n) is 16.5. The number of hydrogen-bond donors (Lipinski definition) is 2. The lowest BCUT2D eigenvalue weighted by molar-refractivity contribution is -0.147. The summed E-state index contributed by atoms with van der Waals surface area (Å²) < 4.78 is 8.16. The highest BCUT2D eigenvalue weighted by Gasteiger charge is 2.40. The molecule has 7 rings (SSSR count). The van der Waals surface area contributed by atoms with Crippen molar-refractivity contribution in [1.29, 1.82) is 5.26 Å². The maximum absolute atomic E-state index is 13.5. The first-order valence-corrected chi connectivity index (χ1v) is 16.5. The first kappa shape index (κ1) is 32.2. The topological polar surface area (TPSA) is 141 Å². The minimum absolute atomic E-state index is 0.245. The van der Waals surface area contributed by atoms with E-state index in [2.05, 4.69) is 33.2 Å². The van der Waals surface area contributed by atoms with Crippen LogP contribution in [0, 0.1) is 30.6 Å². The third-order valence-corrected chi connectivity index (χ3v) is 10.2.